The van der Waals surface area contributed by atoms with Crippen LogP contribution < -0.4 is 4.74 Å². The van der Waals surface area contributed by atoms with Crippen LogP contribution in [0.15, 0.2) is 30.5 Å². The summed E-state index contributed by atoms with van der Waals surface area (Å²) in [5, 5.41) is 1.13. The number of amides is 1. The quantitative estimate of drug-likeness (QED) is 0.475. The molecule has 2 aromatic rings. The second kappa shape index (κ2) is 11.2. The van der Waals surface area contributed by atoms with Crippen molar-refractivity contribution in [1.29, 1.82) is 0 Å². The zero-order valence-electron chi connectivity index (χ0n) is 18.7. The van der Waals surface area contributed by atoms with E-state index < -0.39 is 0 Å². The highest BCUT2D eigenvalue weighted by molar-refractivity contribution is 5.85. The van der Waals surface area contributed by atoms with Gasteiger partial charge in [0, 0.05) is 37.5 Å². The number of ether oxygens (including phenoxy) is 2. The Hall–Kier alpha value is -2.30. The molecule has 0 saturated carbocycles. The van der Waals surface area contributed by atoms with Crippen molar-refractivity contribution in [2.45, 2.75) is 71.8 Å². The highest BCUT2D eigenvalue weighted by Crippen LogP contribution is 2.29. The topological polar surface area (TPSA) is 51.7 Å². The number of aryl methyl sites for hydroxylation is 1. The van der Waals surface area contributed by atoms with Gasteiger partial charge >= 0.3 is 6.09 Å². The predicted molar refractivity (Wildman–Crippen MR) is 121 cm³/mol. The number of aromatic nitrogens is 1. The fourth-order valence-electron chi connectivity index (χ4n) is 3.87. The molecule has 1 aliphatic heterocycles. The minimum atomic E-state index is -0.205. The lowest BCUT2D eigenvalue weighted by atomic mass is 10.0. The summed E-state index contributed by atoms with van der Waals surface area (Å²) in [6.07, 6.45) is 9.42. The van der Waals surface area contributed by atoms with Crippen molar-refractivity contribution in [3.63, 3.8) is 0 Å². The van der Waals surface area contributed by atoms with Gasteiger partial charge in [-0.2, -0.15) is 0 Å². The zero-order chi connectivity index (χ0) is 21.3. The van der Waals surface area contributed by atoms with E-state index in [0.717, 1.165) is 35.9 Å². The molecule has 0 bridgehead atoms. The molecule has 30 heavy (non-hydrogen) atoms. The Kier molecular flexibility index (Phi) is 8.35. The van der Waals surface area contributed by atoms with Crippen LogP contribution in [0.3, 0.4) is 0 Å². The van der Waals surface area contributed by atoms with Gasteiger partial charge in [-0.1, -0.05) is 46.1 Å². The van der Waals surface area contributed by atoms with E-state index in [1.165, 1.54) is 31.2 Å². The van der Waals surface area contributed by atoms with Gasteiger partial charge in [-0.25, -0.2) is 4.79 Å². The van der Waals surface area contributed by atoms with Gasteiger partial charge in [0.05, 0.1) is 6.61 Å². The van der Waals surface area contributed by atoms with Gasteiger partial charge in [-0.15, -0.1) is 0 Å². The van der Waals surface area contributed by atoms with Crippen LogP contribution in [0.5, 0.6) is 5.75 Å². The molecule has 1 amide bonds. The van der Waals surface area contributed by atoms with Crippen molar-refractivity contribution in [3.05, 3.63) is 36.0 Å². The summed E-state index contributed by atoms with van der Waals surface area (Å²) in [6.45, 7) is 8.14. The molecular weight excluding hydrogens is 376 g/mol. The van der Waals surface area contributed by atoms with Gasteiger partial charge in [-0.05, 0) is 42.5 Å². The molecule has 0 spiro atoms. The third kappa shape index (κ3) is 6.35. The molecule has 0 aliphatic carbocycles. The van der Waals surface area contributed by atoms with Crippen molar-refractivity contribution in [3.8, 4) is 5.75 Å². The second-order valence-electron chi connectivity index (χ2n) is 8.75. The number of unbranched alkanes of at least 4 members (excludes halogenated alkanes) is 3. The Morgan fingerprint density at radius 2 is 2.00 bits per heavy atom. The van der Waals surface area contributed by atoms with E-state index >= 15 is 0 Å². The van der Waals surface area contributed by atoms with Crippen molar-refractivity contribution in [1.82, 2.24) is 9.88 Å². The first-order valence-corrected chi connectivity index (χ1v) is 11.5. The van der Waals surface area contributed by atoms with Crippen LogP contribution >= 0.6 is 0 Å². The first kappa shape index (κ1) is 22.4. The summed E-state index contributed by atoms with van der Waals surface area (Å²) in [4.78, 5) is 18.6. The number of carbonyl (C=O) groups is 1. The van der Waals surface area contributed by atoms with Crippen LogP contribution in [0.25, 0.3) is 10.9 Å². The van der Waals surface area contributed by atoms with E-state index in [4.69, 9.17) is 9.47 Å². The van der Waals surface area contributed by atoms with Gasteiger partial charge in [-0.3, -0.25) is 4.98 Å². The first-order chi connectivity index (χ1) is 14.6. The van der Waals surface area contributed by atoms with E-state index in [9.17, 15) is 4.79 Å². The lowest BCUT2D eigenvalue weighted by Gasteiger charge is -2.32. The maximum absolute atomic E-state index is 12.2. The zero-order valence-corrected chi connectivity index (χ0v) is 18.7. The molecule has 1 saturated heterocycles. The monoisotopic (exact) mass is 412 g/mol. The molecule has 1 aromatic carbocycles. The number of pyridine rings is 1. The number of hydrogen-bond acceptors (Lipinski definition) is 4. The van der Waals surface area contributed by atoms with E-state index in [1.807, 2.05) is 26.1 Å². The SMILES string of the molecule is CCCCCCc1cc(OC2CCN(C(=O)OCC(C)C)CC2)c2ncccc2c1. The second-order valence-corrected chi connectivity index (χ2v) is 8.75. The highest BCUT2D eigenvalue weighted by atomic mass is 16.6. The van der Waals surface area contributed by atoms with Crippen LogP contribution in [0.4, 0.5) is 4.79 Å². The molecule has 5 heteroatoms. The van der Waals surface area contributed by atoms with Crippen LogP contribution in [-0.4, -0.2) is 41.8 Å². The minimum absolute atomic E-state index is 0.0969. The molecule has 3 rings (SSSR count). The fraction of sp³-hybridized carbons (Fsp3) is 0.600. The molecule has 1 fully saturated rings. The number of rotatable bonds is 9. The Morgan fingerprint density at radius 3 is 2.73 bits per heavy atom. The van der Waals surface area contributed by atoms with Gasteiger partial charge in [0.1, 0.15) is 17.4 Å². The predicted octanol–water partition coefficient (Wildman–Crippen LogP) is 5.99. The van der Waals surface area contributed by atoms with Crippen molar-refractivity contribution < 1.29 is 14.3 Å². The maximum Gasteiger partial charge on any atom is 0.409 e. The highest BCUT2D eigenvalue weighted by Gasteiger charge is 2.25. The summed E-state index contributed by atoms with van der Waals surface area (Å²) < 4.78 is 11.8. The number of nitrogens with zero attached hydrogens (tertiary/aromatic N) is 2. The molecule has 0 atom stereocenters. The third-order valence-corrected chi connectivity index (χ3v) is 5.58. The summed E-state index contributed by atoms with van der Waals surface area (Å²) in [5.74, 6) is 1.23. The number of likely N-dealkylation sites (tertiary alicyclic amines) is 1. The summed E-state index contributed by atoms with van der Waals surface area (Å²) in [7, 11) is 0. The average Bonchev–Trinajstić information content (AvgIpc) is 2.75. The summed E-state index contributed by atoms with van der Waals surface area (Å²) in [5.41, 5.74) is 2.24. The molecule has 0 unspecified atom stereocenters. The molecule has 1 aliphatic rings. The number of piperidine rings is 1. The lowest BCUT2D eigenvalue weighted by molar-refractivity contribution is 0.0622. The molecule has 0 N–H and O–H groups in total. The fourth-order valence-corrected chi connectivity index (χ4v) is 3.87. The number of fused-ring (bicyclic) bond motifs is 1. The Balaban J connectivity index is 1.62. The molecule has 0 radical (unpaired) electrons. The Bertz CT molecular complexity index is 813. The van der Waals surface area contributed by atoms with Crippen LogP contribution in [0, 0.1) is 5.92 Å². The van der Waals surface area contributed by atoms with Crippen molar-refractivity contribution in [2.24, 2.45) is 5.92 Å². The van der Waals surface area contributed by atoms with Crippen LogP contribution in [-0.2, 0) is 11.2 Å². The van der Waals surface area contributed by atoms with E-state index in [-0.39, 0.29) is 12.2 Å². The van der Waals surface area contributed by atoms with Gasteiger partial charge in [0.15, 0.2) is 0 Å². The van der Waals surface area contributed by atoms with E-state index in [1.54, 1.807) is 4.90 Å². The van der Waals surface area contributed by atoms with Crippen molar-refractivity contribution >= 4 is 17.0 Å². The molecule has 2 heterocycles. The molecule has 164 valence electrons. The van der Waals surface area contributed by atoms with Crippen molar-refractivity contribution in [2.75, 3.05) is 19.7 Å². The van der Waals surface area contributed by atoms with Gasteiger partial charge < -0.3 is 14.4 Å². The third-order valence-electron chi connectivity index (χ3n) is 5.58. The maximum atomic E-state index is 12.2. The minimum Gasteiger partial charge on any atom is -0.488 e. The van der Waals surface area contributed by atoms with Crippen LogP contribution in [0.2, 0.25) is 0 Å². The largest absolute Gasteiger partial charge is 0.488 e. The normalized spacial score (nSPS) is 15.0. The number of hydrogen-bond donors (Lipinski definition) is 0. The lowest BCUT2D eigenvalue weighted by Crippen LogP contribution is -2.42. The Labute approximate surface area is 180 Å². The van der Waals surface area contributed by atoms with Gasteiger partial charge in [0.25, 0.3) is 0 Å². The summed E-state index contributed by atoms with van der Waals surface area (Å²) in [6, 6.07) is 8.51. The summed E-state index contributed by atoms with van der Waals surface area (Å²) >= 11 is 0. The molecular formula is C25H36N2O3. The van der Waals surface area contributed by atoms with Crippen LogP contribution in [0.1, 0.15) is 64.9 Å². The Morgan fingerprint density at radius 1 is 1.20 bits per heavy atom. The molecule has 5 nitrogen and oxygen atoms in total. The first-order valence-electron chi connectivity index (χ1n) is 11.5. The average molecular weight is 413 g/mol. The standard InChI is InChI=1S/C25H36N2O3/c1-4-5-6-7-9-20-16-21-10-8-13-26-24(21)23(17-20)30-22-11-14-27(15-12-22)25(28)29-18-19(2)3/h8,10,13,16-17,19,22H,4-7,9,11-12,14-15,18H2,1-3H3. The number of benzene rings is 1. The van der Waals surface area contributed by atoms with E-state index in [0.29, 0.717) is 25.6 Å². The van der Waals surface area contributed by atoms with E-state index in [2.05, 4.69) is 30.1 Å². The molecule has 1 aromatic heterocycles. The smallest absolute Gasteiger partial charge is 0.409 e. The number of carbonyl (C=O) groups excluding carboxylic acids is 1. The van der Waals surface area contributed by atoms with Gasteiger partial charge in [0.2, 0.25) is 0 Å².